The molecule has 3 heterocycles. The summed E-state index contributed by atoms with van der Waals surface area (Å²) in [5.41, 5.74) is 3.35. The lowest BCUT2D eigenvalue weighted by Crippen LogP contribution is -2.13. The molecule has 0 atom stereocenters. The quantitative estimate of drug-likeness (QED) is 0.555. The summed E-state index contributed by atoms with van der Waals surface area (Å²) in [4.78, 5) is 4.01. The molecule has 0 aliphatic heterocycles. The van der Waals surface area contributed by atoms with Gasteiger partial charge in [0.2, 0.25) is 0 Å². The molecule has 0 saturated carbocycles. The minimum absolute atomic E-state index is 0.00944. The Morgan fingerprint density at radius 2 is 1.92 bits per heavy atom. The van der Waals surface area contributed by atoms with Crippen molar-refractivity contribution in [3.63, 3.8) is 0 Å². The van der Waals surface area contributed by atoms with Crippen molar-refractivity contribution in [2.45, 2.75) is 18.9 Å². The predicted octanol–water partition coefficient (Wildman–Crippen LogP) is 4.15. The molecule has 4 rings (SSSR count). The van der Waals surface area contributed by atoms with Crippen molar-refractivity contribution in [2.24, 2.45) is 0 Å². The molecule has 0 amide bonds. The number of hydrogen-bond donors (Lipinski definition) is 0. The number of benzene rings is 1. The molecule has 25 heavy (non-hydrogen) atoms. The van der Waals surface area contributed by atoms with Gasteiger partial charge in [-0.15, -0.1) is 0 Å². The topological polar surface area (TPSA) is 65.1 Å². The number of hydrogen-bond acceptors (Lipinski definition) is 4. The smallest absolute Gasteiger partial charge is 0.285 e. The molecule has 0 N–H and O–H groups in total. The van der Waals surface area contributed by atoms with Crippen molar-refractivity contribution in [3.8, 4) is 11.3 Å². The van der Waals surface area contributed by atoms with Gasteiger partial charge in [0, 0.05) is 23.3 Å². The van der Waals surface area contributed by atoms with Gasteiger partial charge in [0.15, 0.2) is 5.03 Å². The summed E-state index contributed by atoms with van der Waals surface area (Å²) >= 11 is 0. The molecule has 3 aromatic heterocycles. The summed E-state index contributed by atoms with van der Waals surface area (Å²) < 4.78 is 33.0. The fourth-order valence-electron chi connectivity index (χ4n) is 2.94. The maximum atomic E-state index is 13.1. The van der Waals surface area contributed by atoms with Gasteiger partial charge < -0.3 is 4.42 Å². The van der Waals surface area contributed by atoms with Crippen molar-refractivity contribution in [2.75, 3.05) is 0 Å². The highest BCUT2D eigenvalue weighted by atomic mass is 32.2. The van der Waals surface area contributed by atoms with Crippen molar-refractivity contribution in [1.82, 2.24) is 8.96 Å². The van der Waals surface area contributed by atoms with Gasteiger partial charge in [-0.05, 0) is 49.7 Å². The second kappa shape index (κ2) is 5.60. The standard InChI is InChI=1S/C19H16N2O3S/c1-13-6-7-17-15(11-13)16(19-14(2)8-10-24-19)12-21(17)25(22,23)18-5-3-4-9-20-18/h3-12H,1-2H3. The summed E-state index contributed by atoms with van der Waals surface area (Å²) in [5, 5.41) is 0.841. The number of rotatable bonds is 3. The Morgan fingerprint density at radius 1 is 1.08 bits per heavy atom. The van der Waals surface area contributed by atoms with Gasteiger partial charge in [0.1, 0.15) is 5.76 Å². The molecule has 5 nitrogen and oxygen atoms in total. The van der Waals surface area contributed by atoms with Crippen LogP contribution in [0.15, 0.2) is 70.6 Å². The Balaban J connectivity index is 2.05. The molecule has 0 fully saturated rings. The number of furan rings is 1. The Hall–Kier alpha value is -2.86. The lowest BCUT2D eigenvalue weighted by molar-refractivity contribution is 0.580. The SMILES string of the molecule is Cc1ccc2c(c1)c(-c1occc1C)cn2S(=O)(=O)c1ccccn1. The average molecular weight is 352 g/mol. The normalized spacial score (nSPS) is 11.9. The van der Waals surface area contributed by atoms with E-state index in [1.807, 2.05) is 38.1 Å². The second-order valence-corrected chi connectivity index (χ2v) is 7.73. The number of aromatic nitrogens is 2. The number of aryl methyl sites for hydroxylation is 2. The van der Waals surface area contributed by atoms with Crippen molar-refractivity contribution in [1.29, 1.82) is 0 Å². The van der Waals surface area contributed by atoms with Gasteiger partial charge in [-0.25, -0.2) is 8.96 Å². The fraction of sp³-hybridized carbons (Fsp3) is 0.105. The summed E-state index contributed by atoms with van der Waals surface area (Å²) in [7, 11) is -3.80. The molecule has 0 bridgehead atoms. The van der Waals surface area contributed by atoms with Gasteiger partial charge >= 0.3 is 0 Å². The second-order valence-electron chi connectivity index (χ2n) is 5.96. The van der Waals surface area contributed by atoms with Crippen LogP contribution in [0.25, 0.3) is 22.2 Å². The van der Waals surface area contributed by atoms with E-state index in [1.54, 1.807) is 24.6 Å². The summed E-state index contributed by atoms with van der Waals surface area (Å²) in [6, 6.07) is 12.4. The first-order valence-electron chi connectivity index (χ1n) is 7.81. The number of nitrogens with zero attached hydrogens (tertiary/aromatic N) is 2. The number of pyridine rings is 1. The van der Waals surface area contributed by atoms with Crippen molar-refractivity contribution >= 4 is 20.9 Å². The van der Waals surface area contributed by atoms with Gasteiger partial charge in [0.05, 0.1) is 11.8 Å². The van der Waals surface area contributed by atoms with E-state index in [4.69, 9.17) is 4.42 Å². The minimum atomic E-state index is -3.80. The molecular formula is C19H16N2O3S. The summed E-state index contributed by atoms with van der Waals surface area (Å²) in [6.07, 6.45) is 4.69. The van der Waals surface area contributed by atoms with E-state index in [2.05, 4.69) is 4.98 Å². The third kappa shape index (κ3) is 2.46. The highest BCUT2D eigenvalue weighted by Gasteiger charge is 2.24. The van der Waals surface area contributed by atoms with E-state index in [0.29, 0.717) is 11.3 Å². The van der Waals surface area contributed by atoms with E-state index in [0.717, 1.165) is 22.1 Å². The van der Waals surface area contributed by atoms with E-state index in [1.165, 1.54) is 16.2 Å². The van der Waals surface area contributed by atoms with Crippen LogP contribution in [0, 0.1) is 13.8 Å². The van der Waals surface area contributed by atoms with Crippen LogP contribution < -0.4 is 0 Å². The van der Waals surface area contributed by atoms with Gasteiger partial charge in [0.25, 0.3) is 10.0 Å². The van der Waals surface area contributed by atoms with Crippen LogP contribution in [-0.2, 0) is 10.0 Å². The van der Waals surface area contributed by atoms with E-state index in [-0.39, 0.29) is 5.03 Å². The lowest BCUT2D eigenvalue weighted by atomic mass is 10.1. The molecule has 1 aromatic carbocycles. The lowest BCUT2D eigenvalue weighted by Gasteiger charge is -2.06. The Bertz CT molecular complexity index is 1170. The minimum Gasteiger partial charge on any atom is -0.464 e. The largest absolute Gasteiger partial charge is 0.464 e. The summed E-state index contributed by atoms with van der Waals surface area (Å²) in [5.74, 6) is 0.672. The molecule has 0 aliphatic carbocycles. The van der Waals surface area contributed by atoms with Crippen LogP contribution in [0.1, 0.15) is 11.1 Å². The molecule has 0 saturated heterocycles. The first kappa shape index (κ1) is 15.7. The molecule has 4 aromatic rings. The van der Waals surface area contributed by atoms with Crippen LogP contribution in [0.3, 0.4) is 0 Å². The highest BCUT2D eigenvalue weighted by Crippen LogP contribution is 2.35. The Kier molecular flexibility index (Phi) is 3.51. The van der Waals surface area contributed by atoms with Gasteiger partial charge in [-0.3, -0.25) is 0 Å². The number of fused-ring (bicyclic) bond motifs is 1. The van der Waals surface area contributed by atoms with Crippen LogP contribution >= 0.6 is 0 Å². The molecule has 0 unspecified atom stereocenters. The molecule has 0 radical (unpaired) electrons. The third-order valence-corrected chi connectivity index (χ3v) is 5.78. The van der Waals surface area contributed by atoms with Gasteiger partial charge in [-0.2, -0.15) is 8.42 Å². The zero-order valence-corrected chi connectivity index (χ0v) is 14.6. The van der Waals surface area contributed by atoms with E-state index < -0.39 is 10.0 Å². The molecular weight excluding hydrogens is 336 g/mol. The van der Waals surface area contributed by atoms with E-state index >= 15 is 0 Å². The van der Waals surface area contributed by atoms with Crippen LogP contribution in [-0.4, -0.2) is 17.4 Å². The van der Waals surface area contributed by atoms with Crippen LogP contribution in [0.4, 0.5) is 0 Å². The first-order valence-corrected chi connectivity index (χ1v) is 9.25. The Morgan fingerprint density at radius 3 is 2.60 bits per heavy atom. The van der Waals surface area contributed by atoms with Crippen molar-refractivity contribution < 1.29 is 12.8 Å². The van der Waals surface area contributed by atoms with Crippen molar-refractivity contribution in [3.05, 3.63) is 72.2 Å². The zero-order chi connectivity index (χ0) is 17.6. The van der Waals surface area contributed by atoms with Crippen LogP contribution in [0.2, 0.25) is 0 Å². The third-order valence-electron chi connectivity index (χ3n) is 4.19. The Labute approximate surface area is 145 Å². The molecule has 0 spiro atoms. The average Bonchev–Trinajstić information content (AvgIpc) is 3.19. The highest BCUT2D eigenvalue weighted by molar-refractivity contribution is 7.90. The maximum absolute atomic E-state index is 13.1. The van der Waals surface area contributed by atoms with E-state index in [9.17, 15) is 8.42 Å². The zero-order valence-electron chi connectivity index (χ0n) is 13.8. The monoisotopic (exact) mass is 352 g/mol. The first-order chi connectivity index (χ1) is 12.0. The maximum Gasteiger partial charge on any atom is 0.285 e. The molecule has 6 heteroatoms. The predicted molar refractivity (Wildman–Crippen MR) is 95.9 cm³/mol. The molecule has 126 valence electrons. The van der Waals surface area contributed by atoms with Gasteiger partial charge in [-0.1, -0.05) is 17.7 Å². The molecule has 0 aliphatic rings. The fourth-order valence-corrected chi connectivity index (χ4v) is 4.25. The summed E-state index contributed by atoms with van der Waals surface area (Å²) in [6.45, 7) is 3.91. The van der Waals surface area contributed by atoms with Crippen LogP contribution in [0.5, 0.6) is 0 Å².